The predicted octanol–water partition coefficient (Wildman–Crippen LogP) is 1.58. The largest absolute Gasteiger partial charge is 0.423 e. The van der Waals surface area contributed by atoms with Crippen molar-refractivity contribution in [3.05, 3.63) is 27.8 Å². The van der Waals surface area contributed by atoms with Crippen LogP contribution in [0.1, 0.15) is 6.92 Å². The maximum Gasteiger partial charge on any atom is 0.340 e. The summed E-state index contributed by atoms with van der Waals surface area (Å²) in [5.74, 6) is -0.155. The van der Waals surface area contributed by atoms with E-state index in [1.165, 1.54) is 6.92 Å². The van der Waals surface area contributed by atoms with Gasteiger partial charge in [0.25, 0.3) is 0 Å². The summed E-state index contributed by atoms with van der Waals surface area (Å²) in [7, 11) is 0. The first kappa shape index (κ1) is 10.5. The Balaban J connectivity index is 2.75. The summed E-state index contributed by atoms with van der Waals surface area (Å²) < 4.78 is 5.75. The van der Waals surface area contributed by atoms with Crippen molar-refractivity contribution in [3.8, 4) is 5.75 Å². The number of esters is 1. The Morgan fingerprint density at radius 2 is 2.15 bits per heavy atom. The van der Waals surface area contributed by atoms with Gasteiger partial charge in [-0.25, -0.2) is 4.79 Å². The second kappa shape index (κ2) is 4.57. The third-order valence-corrected chi connectivity index (χ3v) is 2.28. The van der Waals surface area contributed by atoms with E-state index >= 15 is 0 Å². The van der Waals surface area contributed by atoms with Crippen LogP contribution >= 0.6 is 22.6 Å². The molecule has 0 radical (unpaired) electrons. The fraction of sp³-hybridized carbons (Fsp3) is 0.222. The number of halogens is 1. The fourth-order valence-electron chi connectivity index (χ4n) is 0.721. The SMILES string of the molecule is C[C@@H](O)C(=O)Oc1ccccc1I. The van der Waals surface area contributed by atoms with Gasteiger partial charge in [-0.15, -0.1) is 0 Å². The lowest BCUT2D eigenvalue weighted by Gasteiger charge is -2.06. The highest BCUT2D eigenvalue weighted by Gasteiger charge is 2.12. The van der Waals surface area contributed by atoms with Crippen LogP contribution in [0, 0.1) is 3.57 Å². The van der Waals surface area contributed by atoms with E-state index in [1.54, 1.807) is 12.1 Å². The molecule has 70 valence electrons. The minimum Gasteiger partial charge on any atom is -0.423 e. The van der Waals surface area contributed by atoms with Crippen LogP contribution in [0.2, 0.25) is 0 Å². The van der Waals surface area contributed by atoms with Crippen molar-refractivity contribution in [2.24, 2.45) is 0 Å². The number of carbonyl (C=O) groups is 1. The van der Waals surface area contributed by atoms with Crippen molar-refractivity contribution < 1.29 is 14.6 Å². The molecular formula is C9H9IO3. The van der Waals surface area contributed by atoms with Crippen LogP contribution in [-0.2, 0) is 4.79 Å². The van der Waals surface area contributed by atoms with Gasteiger partial charge in [0.15, 0.2) is 0 Å². The molecule has 4 heteroatoms. The van der Waals surface area contributed by atoms with Gasteiger partial charge in [-0.1, -0.05) is 12.1 Å². The van der Waals surface area contributed by atoms with Crippen molar-refractivity contribution in [3.63, 3.8) is 0 Å². The summed E-state index contributed by atoms with van der Waals surface area (Å²) in [5.41, 5.74) is 0. The molecule has 1 rings (SSSR count). The number of para-hydroxylation sites is 1. The highest BCUT2D eigenvalue weighted by atomic mass is 127. The molecule has 0 fully saturated rings. The van der Waals surface area contributed by atoms with Gasteiger partial charge >= 0.3 is 5.97 Å². The lowest BCUT2D eigenvalue weighted by molar-refractivity contribution is -0.142. The third-order valence-electron chi connectivity index (χ3n) is 1.39. The second-order valence-electron chi connectivity index (χ2n) is 2.53. The quantitative estimate of drug-likeness (QED) is 0.511. The van der Waals surface area contributed by atoms with Crippen molar-refractivity contribution in [1.82, 2.24) is 0 Å². The van der Waals surface area contributed by atoms with Gasteiger partial charge < -0.3 is 9.84 Å². The highest BCUT2D eigenvalue weighted by molar-refractivity contribution is 14.1. The molecular weight excluding hydrogens is 283 g/mol. The van der Waals surface area contributed by atoms with Gasteiger partial charge in [-0.3, -0.25) is 0 Å². The van der Waals surface area contributed by atoms with E-state index < -0.39 is 12.1 Å². The smallest absolute Gasteiger partial charge is 0.340 e. The maximum atomic E-state index is 11.0. The van der Waals surface area contributed by atoms with Crippen molar-refractivity contribution >= 4 is 28.6 Å². The Bertz CT molecular complexity index is 309. The van der Waals surface area contributed by atoms with Gasteiger partial charge in [0.05, 0.1) is 3.57 Å². The molecule has 0 aliphatic heterocycles. The maximum absolute atomic E-state index is 11.0. The number of carbonyl (C=O) groups excluding carboxylic acids is 1. The van der Waals surface area contributed by atoms with Crippen molar-refractivity contribution in [2.75, 3.05) is 0 Å². The molecule has 0 aromatic heterocycles. The second-order valence-corrected chi connectivity index (χ2v) is 3.69. The minimum atomic E-state index is -1.09. The number of ether oxygens (including phenoxy) is 1. The zero-order chi connectivity index (χ0) is 9.84. The third kappa shape index (κ3) is 2.96. The fourth-order valence-corrected chi connectivity index (χ4v) is 1.22. The van der Waals surface area contributed by atoms with E-state index in [1.807, 2.05) is 12.1 Å². The van der Waals surface area contributed by atoms with Crippen LogP contribution in [0.4, 0.5) is 0 Å². The van der Waals surface area contributed by atoms with E-state index in [9.17, 15) is 4.79 Å². The summed E-state index contributed by atoms with van der Waals surface area (Å²) >= 11 is 2.06. The van der Waals surface area contributed by atoms with Crippen LogP contribution in [0.15, 0.2) is 24.3 Å². The molecule has 3 nitrogen and oxygen atoms in total. The van der Waals surface area contributed by atoms with E-state index in [0.29, 0.717) is 5.75 Å². The highest BCUT2D eigenvalue weighted by Crippen LogP contribution is 2.19. The van der Waals surface area contributed by atoms with Gasteiger partial charge in [0.1, 0.15) is 11.9 Å². The Morgan fingerprint density at radius 1 is 1.54 bits per heavy atom. The molecule has 0 saturated heterocycles. The average molecular weight is 292 g/mol. The zero-order valence-corrected chi connectivity index (χ0v) is 9.19. The van der Waals surface area contributed by atoms with Gasteiger partial charge in [0, 0.05) is 0 Å². The number of hydrogen-bond acceptors (Lipinski definition) is 3. The minimum absolute atomic E-state index is 0.481. The molecule has 13 heavy (non-hydrogen) atoms. The lowest BCUT2D eigenvalue weighted by Crippen LogP contribution is -2.22. The van der Waals surface area contributed by atoms with Crippen LogP contribution in [0.3, 0.4) is 0 Å². The molecule has 0 aliphatic rings. The Labute approximate surface area is 89.9 Å². The van der Waals surface area contributed by atoms with Crippen LogP contribution in [0.5, 0.6) is 5.75 Å². The average Bonchev–Trinajstić information content (AvgIpc) is 2.08. The number of aliphatic hydroxyl groups is 1. The monoisotopic (exact) mass is 292 g/mol. The first-order valence-corrected chi connectivity index (χ1v) is 4.83. The van der Waals surface area contributed by atoms with Crippen LogP contribution in [0.25, 0.3) is 0 Å². The van der Waals surface area contributed by atoms with E-state index in [-0.39, 0.29) is 0 Å². The van der Waals surface area contributed by atoms with Crippen LogP contribution in [-0.4, -0.2) is 17.2 Å². The molecule has 0 amide bonds. The molecule has 1 aromatic rings. The first-order chi connectivity index (χ1) is 6.11. The summed E-state index contributed by atoms with van der Waals surface area (Å²) in [4.78, 5) is 11.0. The van der Waals surface area contributed by atoms with E-state index in [0.717, 1.165) is 3.57 Å². The number of hydrogen-bond donors (Lipinski definition) is 1. The first-order valence-electron chi connectivity index (χ1n) is 3.75. The Hall–Kier alpha value is -0.620. The number of rotatable bonds is 2. The number of aliphatic hydroxyl groups excluding tert-OH is 1. The topological polar surface area (TPSA) is 46.5 Å². The van der Waals surface area contributed by atoms with Gasteiger partial charge in [0.2, 0.25) is 0 Å². The molecule has 0 unspecified atom stereocenters. The van der Waals surface area contributed by atoms with Gasteiger partial charge in [-0.2, -0.15) is 0 Å². The van der Waals surface area contributed by atoms with E-state index in [4.69, 9.17) is 9.84 Å². The van der Waals surface area contributed by atoms with Gasteiger partial charge in [-0.05, 0) is 41.6 Å². The lowest BCUT2D eigenvalue weighted by atomic mass is 10.3. The molecule has 0 aliphatic carbocycles. The molecule has 0 saturated carbocycles. The summed E-state index contributed by atoms with van der Waals surface area (Å²) in [5, 5.41) is 8.90. The van der Waals surface area contributed by atoms with Crippen molar-refractivity contribution in [2.45, 2.75) is 13.0 Å². The summed E-state index contributed by atoms with van der Waals surface area (Å²) in [6, 6.07) is 7.13. The molecule has 0 heterocycles. The normalized spacial score (nSPS) is 12.2. The van der Waals surface area contributed by atoms with E-state index in [2.05, 4.69) is 22.6 Å². The molecule has 0 spiro atoms. The predicted molar refractivity (Wildman–Crippen MR) is 56.5 cm³/mol. The summed E-state index contributed by atoms with van der Waals surface area (Å²) in [6.45, 7) is 1.37. The molecule has 1 aromatic carbocycles. The van der Waals surface area contributed by atoms with Crippen LogP contribution < -0.4 is 4.74 Å². The Kier molecular flexibility index (Phi) is 3.68. The standard InChI is InChI=1S/C9H9IO3/c1-6(11)9(12)13-8-5-3-2-4-7(8)10/h2-6,11H,1H3/t6-/m1/s1. The molecule has 0 bridgehead atoms. The molecule has 1 atom stereocenters. The zero-order valence-electron chi connectivity index (χ0n) is 7.03. The van der Waals surface area contributed by atoms with Crippen molar-refractivity contribution in [1.29, 1.82) is 0 Å². The summed E-state index contributed by atoms with van der Waals surface area (Å²) in [6.07, 6.45) is -1.09. The Morgan fingerprint density at radius 3 is 2.69 bits per heavy atom. The number of benzene rings is 1. The molecule has 1 N–H and O–H groups in total.